The van der Waals surface area contributed by atoms with Crippen LogP contribution in [0.25, 0.3) is 0 Å². The van der Waals surface area contributed by atoms with Crippen LogP contribution in [0.4, 0.5) is 4.79 Å². The van der Waals surface area contributed by atoms with E-state index in [9.17, 15) is 9.90 Å². The molecule has 22 heavy (non-hydrogen) atoms. The van der Waals surface area contributed by atoms with Crippen LogP contribution in [0, 0.1) is 0 Å². The summed E-state index contributed by atoms with van der Waals surface area (Å²) in [6.45, 7) is 0.704. The number of aliphatic hydroxyl groups excluding tert-OH is 1. The molecule has 1 saturated heterocycles. The number of hydrogen-bond acceptors (Lipinski definition) is 4. The SMILES string of the molecule is O=C(NOC1CCCC1)N1CCCC1CC(O)c1ccco1. The summed E-state index contributed by atoms with van der Waals surface area (Å²) >= 11 is 0. The molecular formula is C16H24N2O4. The molecule has 0 spiro atoms. The van der Waals surface area contributed by atoms with Gasteiger partial charge in [0.05, 0.1) is 12.4 Å². The predicted molar refractivity (Wildman–Crippen MR) is 79.9 cm³/mol. The molecule has 1 saturated carbocycles. The molecule has 2 heterocycles. The standard InChI is InChI=1S/C16H24N2O4/c19-14(15-8-4-10-21-15)11-12-5-3-9-18(12)16(20)17-22-13-6-1-2-7-13/h4,8,10,12-14,19H,1-3,5-7,9,11H2,(H,17,20). The summed E-state index contributed by atoms with van der Waals surface area (Å²) in [6.07, 6.45) is 7.73. The molecule has 6 nitrogen and oxygen atoms in total. The summed E-state index contributed by atoms with van der Waals surface area (Å²) in [6, 6.07) is 3.34. The second kappa shape index (κ2) is 7.15. The van der Waals surface area contributed by atoms with Crippen molar-refractivity contribution < 1.29 is 19.2 Å². The number of hydrogen-bond donors (Lipinski definition) is 2. The van der Waals surface area contributed by atoms with Gasteiger partial charge in [0, 0.05) is 19.0 Å². The highest BCUT2D eigenvalue weighted by Gasteiger charge is 2.32. The molecule has 2 fully saturated rings. The van der Waals surface area contributed by atoms with Crippen LogP contribution in [0.3, 0.4) is 0 Å². The number of hydroxylamine groups is 1. The first kappa shape index (κ1) is 15.4. The molecule has 122 valence electrons. The largest absolute Gasteiger partial charge is 0.467 e. The first-order valence-corrected chi connectivity index (χ1v) is 8.18. The van der Waals surface area contributed by atoms with Gasteiger partial charge in [0.15, 0.2) is 0 Å². The van der Waals surface area contributed by atoms with E-state index in [0.29, 0.717) is 18.7 Å². The second-order valence-electron chi connectivity index (χ2n) is 6.19. The Morgan fingerprint density at radius 1 is 1.41 bits per heavy atom. The van der Waals surface area contributed by atoms with E-state index in [1.807, 2.05) is 0 Å². The molecular weight excluding hydrogens is 284 g/mol. The van der Waals surface area contributed by atoms with Gasteiger partial charge in [0.1, 0.15) is 11.9 Å². The molecule has 1 aromatic heterocycles. The zero-order valence-electron chi connectivity index (χ0n) is 12.7. The number of furan rings is 1. The molecule has 2 N–H and O–H groups in total. The molecule has 1 aromatic rings. The van der Waals surface area contributed by atoms with Crippen LogP contribution < -0.4 is 5.48 Å². The minimum atomic E-state index is -0.677. The third-order valence-electron chi connectivity index (χ3n) is 4.62. The number of nitrogens with one attached hydrogen (secondary N) is 1. The van der Waals surface area contributed by atoms with Gasteiger partial charge in [-0.2, -0.15) is 0 Å². The molecule has 1 aliphatic heterocycles. The van der Waals surface area contributed by atoms with E-state index in [4.69, 9.17) is 9.25 Å². The maximum Gasteiger partial charge on any atom is 0.341 e. The van der Waals surface area contributed by atoms with Gasteiger partial charge >= 0.3 is 6.03 Å². The van der Waals surface area contributed by atoms with Crippen molar-refractivity contribution in [2.75, 3.05) is 6.54 Å². The fourth-order valence-corrected chi connectivity index (χ4v) is 3.40. The zero-order chi connectivity index (χ0) is 15.4. The molecule has 3 rings (SSSR count). The number of aliphatic hydroxyl groups is 1. The van der Waals surface area contributed by atoms with Crippen molar-refractivity contribution in [2.45, 2.75) is 63.2 Å². The van der Waals surface area contributed by atoms with E-state index in [1.165, 1.54) is 12.8 Å². The lowest BCUT2D eigenvalue weighted by atomic mass is 10.1. The quantitative estimate of drug-likeness (QED) is 0.820. The Labute approximate surface area is 130 Å². The van der Waals surface area contributed by atoms with Crippen LogP contribution in [0.1, 0.15) is 56.8 Å². The topological polar surface area (TPSA) is 74.9 Å². The Morgan fingerprint density at radius 2 is 2.23 bits per heavy atom. The molecule has 0 aromatic carbocycles. The van der Waals surface area contributed by atoms with Crippen LogP contribution in [0.5, 0.6) is 0 Å². The highest BCUT2D eigenvalue weighted by Crippen LogP contribution is 2.28. The number of amides is 2. The Kier molecular flexibility index (Phi) is 5.00. The summed E-state index contributed by atoms with van der Waals surface area (Å²) < 4.78 is 5.22. The lowest BCUT2D eigenvalue weighted by Crippen LogP contribution is -2.44. The van der Waals surface area contributed by atoms with Crippen LogP contribution in [0.15, 0.2) is 22.8 Å². The lowest BCUT2D eigenvalue weighted by Gasteiger charge is -2.26. The fourth-order valence-electron chi connectivity index (χ4n) is 3.40. The summed E-state index contributed by atoms with van der Waals surface area (Å²) in [7, 11) is 0. The minimum Gasteiger partial charge on any atom is -0.467 e. The van der Waals surface area contributed by atoms with Crippen LogP contribution >= 0.6 is 0 Å². The average Bonchev–Trinajstić information content (AvgIpc) is 3.25. The van der Waals surface area contributed by atoms with Crippen molar-refractivity contribution in [1.82, 2.24) is 10.4 Å². The first-order chi connectivity index (χ1) is 10.7. The van der Waals surface area contributed by atoms with Gasteiger partial charge in [-0.05, 0) is 37.8 Å². The average molecular weight is 308 g/mol. The predicted octanol–water partition coefficient (Wildman–Crippen LogP) is 2.75. The normalized spacial score (nSPS) is 23.9. The number of urea groups is 1. The Hall–Kier alpha value is -1.53. The van der Waals surface area contributed by atoms with Crippen molar-refractivity contribution in [1.29, 1.82) is 0 Å². The van der Waals surface area contributed by atoms with E-state index >= 15 is 0 Å². The number of carbonyl (C=O) groups excluding carboxylic acids is 1. The molecule has 0 bridgehead atoms. The molecule has 0 radical (unpaired) electrons. The fraction of sp³-hybridized carbons (Fsp3) is 0.688. The van der Waals surface area contributed by atoms with Crippen molar-refractivity contribution in [2.24, 2.45) is 0 Å². The monoisotopic (exact) mass is 308 g/mol. The molecule has 2 aliphatic rings. The first-order valence-electron chi connectivity index (χ1n) is 8.18. The lowest BCUT2D eigenvalue weighted by molar-refractivity contribution is -0.0103. The van der Waals surface area contributed by atoms with E-state index < -0.39 is 6.10 Å². The Bertz CT molecular complexity index is 471. The molecule has 6 heteroatoms. The van der Waals surface area contributed by atoms with Gasteiger partial charge in [0.2, 0.25) is 0 Å². The van der Waals surface area contributed by atoms with Gasteiger partial charge < -0.3 is 14.4 Å². The van der Waals surface area contributed by atoms with E-state index in [1.54, 1.807) is 23.3 Å². The van der Waals surface area contributed by atoms with E-state index in [2.05, 4.69) is 5.48 Å². The third kappa shape index (κ3) is 3.62. The number of nitrogens with zero attached hydrogens (tertiary/aromatic N) is 1. The van der Waals surface area contributed by atoms with Crippen LogP contribution in [-0.2, 0) is 4.84 Å². The van der Waals surface area contributed by atoms with Crippen LogP contribution in [-0.4, -0.2) is 34.7 Å². The third-order valence-corrected chi connectivity index (χ3v) is 4.62. The Morgan fingerprint density at radius 3 is 2.95 bits per heavy atom. The highest BCUT2D eigenvalue weighted by molar-refractivity contribution is 5.73. The number of rotatable bonds is 5. The van der Waals surface area contributed by atoms with Gasteiger partial charge in [-0.3, -0.25) is 4.84 Å². The van der Waals surface area contributed by atoms with Crippen molar-refractivity contribution >= 4 is 6.03 Å². The number of carbonyl (C=O) groups is 1. The molecule has 2 unspecified atom stereocenters. The van der Waals surface area contributed by atoms with Gasteiger partial charge in [-0.15, -0.1) is 0 Å². The van der Waals surface area contributed by atoms with Crippen molar-refractivity contribution in [3.05, 3.63) is 24.2 Å². The Balaban J connectivity index is 1.50. The highest BCUT2D eigenvalue weighted by atomic mass is 16.7. The van der Waals surface area contributed by atoms with Crippen molar-refractivity contribution in [3.8, 4) is 0 Å². The summed E-state index contributed by atoms with van der Waals surface area (Å²) in [4.78, 5) is 19.5. The molecule has 2 atom stereocenters. The zero-order valence-corrected chi connectivity index (χ0v) is 12.7. The smallest absolute Gasteiger partial charge is 0.341 e. The summed E-state index contributed by atoms with van der Waals surface area (Å²) in [5.41, 5.74) is 2.59. The second-order valence-corrected chi connectivity index (χ2v) is 6.19. The van der Waals surface area contributed by atoms with Gasteiger partial charge in [-0.1, -0.05) is 12.8 Å². The molecule has 1 aliphatic carbocycles. The van der Waals surface area contributed by atoms with E-state index in [0.717, 1.165) is 25.7 Å². The maximum absolute atomic E-state index is 12.3. The summed E-state index contributed by atoms with van der Waals surface area (Å²) in [5.74, 6) is 0.550. The van der Waals surface area contributed by atoms with Crippen molar-refractivity contribution in [3.63, 3.8) is 0 Å². The van der Waals surface area contributed by atoms with Gasteiger partial charge in [-0.25, -0.2) is 10.3 Å². The number of likely N-dealkylation sites (tertiary alicyclic amines) is 1. The molecule has 2 amide bonds. The minimum absolute atomic E-state index is 0.0206. The van der Waals surface area contributed by atoms with Crippen LogP contribution in [0.2, 0.25) is 0 Å². The summed E-state index contributed by atoms with van der Waals surface area (Å²) in [5, 5.41) is 10.2. The van der Waals surface area contributed by atoms with Gasteiger partial charge in [0.25, 0.3) is 0 Å². The van der Waals surface area contributed by atoms with E-state index in [-0.39, 0.29) is 18.2 Å². The maximum atomic E-state index is 12.3.